The van der Waals surface area contributed by atoms with Gasteiger partial charge in [0.1, 0.15) is 11.4 Å². The first-order valence-electron chi connectivity index (χ1n) is 4.75. The normalized spacial score (nSPS) is 10.5. The molecule has 15 heavy (non-hydrogen) atoms. The number of hydrogen-bond donors (Lipinski definition) is 2. The number of nitrogen functional groups attached to an aromatic ring is 1. The molecule has 0 fully saturated rings. The first kappa shape index (κ1) is 9.58. The van der Waals surface area contributed by atoms with E-state index in [-0.39, 0.29) is 11.6 Å². The molecule has 1 aromatic carbocycles. The molecule has 4 nitrogen and oxygen atoms in total. The molecule has 0 amide bonds. The van der Waals surface area contributed by atoms with Gasteiger partial charge in [-0.15, -0.1) is 0 Å². The Hall–Kier alpha value is -1.97. The van der Waals surface area contributed by atoms with Gasteiger partial charge >= 0.3 is 0 Å². The molecule has 2 rings (SSSR count). The van der Waals surface area contributed by atoms with Crippen molar-refractivity contribution >= 4 is 5.88 Å². The largest absolute Gasteiger partial charge is 0.507 e. The number of phenolic OH excluding ortho intramolecular Hbond substituents is 1. The molecule has 0 saturated heterocycles. The second-order valence-corrected chi connectivity index (χ2v) is 3.32. The van der Waals surface area contributed by atoms with Crippen LogP contribution in [0.5, 0.6) is 5.75 Å². The second kappa shape index (κ2) is 3.65. The molecule has 2 aromatic rings. The molecule has 1 heterocycles. The number of hydrogen-bond acceptors (Lipinski definition) is 4. The predicted molar refractivity (Wildman–Crippen MR) is 57.4 cm³/mol. The highest BCUT2D eigenvalue weighted by Crippen LogP contribution is 2.30. The van der Waals surface area contributed by atoms with Gasteiger partial charge in [-0.2, -0.15) is 0 Å². The Bertz CT molecular complexity index is 477. The van der Waals surface area contributed by atoms with Gasteiger partial charge in [0.2, 0.25) is 5.88 Å². The number of aromatic hydroxyl groups is 1. The highest BCUT2D eigenvalue weighted by molar-refractivity contribution is 5.68. The van der Waals surface area contributed by atoms with Gasteiger partial charge in [-0.3, -0.25) is 0 Å². The molecule has 0 aliphatic carbocycles. The molecule has 4 heteroatoms. The smallest absolute Gasteiger partial charge is 0.222 e. The Balaban J connectivity index is 2.51. The molecule has 0 unspecified atom stereocenters. The van der Waals surface area contributed by atoms with Crippen LogP contribution in [0.4, 0.5) is 5.88 Å². The first-order valence-corrected chi connectivity index (χ1v) is 4.75. The minimum absolute atomic E-state index is 0.181. The molecule has 0 spiro atoms. The van der Waals surface area contributed by atoms with E-state index < -0.39 is 0 Å². The van der Waals surface area contributed by atoms with E-state index in [9.17, 15) is 5.11 Å². The number of anilines is 1. The summed E-state index contributed by atoms with van der Waals surface area (Å²) >= 11 is 0. The van der Waals surface area contributed by atoms with E-state index in [0.717, 1.165) is 12.0 Å². The summed E-state index contributed by atoms with van der Waals surface area (Å²) in [4.78, 5) is 0. The first-order chi connectivity index (χ1) is 7.20. The molecular weight excluding hydrogens is 192 g/mol. The van der Waals surface area contributed by atoms with Crippen molar-refractivity contribution in [2.45, 2.75) is 13.3 Å². The van der Waals surface area contributed by atoms with Crippen LogP contribution in [0.1, 0.15) is 12.5 Å². The highest BCUT2D eigenvalue weighted by atomic mass is 16.5. The lowest BCUT2D eigenvalue weighted by atomic mass is 10.1. The average molecular weight is 204 g/mol. The maximum Gasteiger partial charge on any atom is 0.222 e. The highest BCUT2D eigenvalue weighted by Gasteiger charge is 2.09. The minimum Gasteiger partial charge on any atom is -0.507 e. The van der Waals surface area contributed by atoms with E-state index in [1.54, 1.807) is 12.1 Å². The van der Waals surface area contributed by atoms with Crippen molar-refractivity contribution < 1.29 is 9.63 Å². The van der Waals surface area contributed by atoms with Crippen LogP contribution in [0.3, 0.4) is 0 Å². The van der Waals surface area contributed by atoms with E-state index in [1.807, 2.05) is 19.1 Å². The molecular formula is C11H12N2O2. The zero-order valence-electron chi connectivity index (χ0n) is 8.40. The number of rotatable bonds is 2. The molecule has 78 valence electrons. The molecule has 0 aliphatic heterocycles. The summed E-state index contributed by atoms with van der Waals surface area (Å²) in [7, 11) is 0. The third-order valence-electron chi connectivity index (χ3n) is 2.27. The monoisotopic (exact) mass is 204 g/mol. The fraction of sp³-hybridized carbons (Fsp3) is 0.182. The van der Waals surface area contributed by atoms with Crippen LogP contribution < -0.4 is 5.73 Å². The summed E-state index contributed by atoms with van der Waals surface area (Å²) in [6.45, 7) is 2.05. The minimum atomic E-state index is 0.181. The summed E-state index contributed by atoms with van der Waals surface area (Å²) in [5, 5.41) is 13.4. The Morgan fingerprint density at radius 2 is 2.20 bits per heavy atom. The molecule has 0 radical (unpaired) electrons. The van der Waals surface area contributed by atoms with Crippen molar-refractivity contribution in [3.05, 3.63) is 29.8 Å². The van der Waals surface area contributed by atoms with Crippen LogP contribution in [-0.4, -0.2) is 10.3 Å². The number of nitrogens with zero attached hydrogens (tertiary/aromatic N) is 1. The molecule has 0 atom stereocenters. The third-order valence-corrected chi connectivity index (χ3v) is 2.27. The fourth-order valence-corrected chi connectivity index (χ4v) is 1.42. The van der Waals surface area contributed by atoms with Gasteiger partial charge < -0.3 is 15.4 Å². The maximum atomic E-state index is 9.67. The number of aromatic nitrogens is 1. The van der Waals surface area contributed by atoms with Crippen molar-refractivity contribution in [2.24, 2.45) is 0 Å². The lowest BCUT2D eigenvalue weighted by Crippen LogP contribution is -1.84. The van der Waals surface area contributed by atoms with Crippen LogP contribution in [0.15, 0.2) is 28.8 Å². The van der Waals surface area contributed by atoms with E-state index >= 15 is 0 Å². The average Bonchev–Trinajstić information content (AvgIpc) is 2.65. The van der Waals surface area contributed by atoms with E-state index in [2.05, 4.69) is 5.16 Å². The fourth-order valence-electron chi connectivity index (χ4n) is 1.42. The van der Waals surface area contributed by atoms with Crippen molar-refractivity contribution in [3.8, 4) is 17.0 Å². The van der Waals surface area contributed by atoms with Gasteiger partial charge in [-0.05, 0) is 24.1 Å². The Labute approximate surface area is 87.3 Å². The van der Waals surface area contributed by atoms with Gasteiger partial charge in [0, 0.05) is 11.6 Å². The summed E-state index contributed by atoms with van der Waals surface area (Å²) in [5.41, 5.74) is 7.76. The number of nitrogens with two attached hydrogens (primary N) is 1. The van der Waals surface area contributed by atoms with Gasteiger partial charge in [0.25, 0.3) is 0 Å². The summed E-state index contributed by atoms with van der Waals surface area (Å²) in [6, 6.07) is 7.00. The Morgan fingerprint density at radius 1 is 1.40 bits per heavy atom. The van der Waals surface area contributed by atoms with Crippen LogP contribution in [0, 0.1) is 0 Å². The van der Waals surface area contributed by atoms with Crippen LogP contribution in [0.25, 0.3) is 11.3 Å². The van der Waals surface area contributed by atoms with Gasteiger partial charge in [-0.25, -0.2) is 0 Å². The number of aryl methyl sites for hydroxylation is 1. The van der Waals surface area contributed by atoms with E-state index in [4.69, 9.17) is 10.3 Å². The quantitative estimate of drug-likeness (QED) is 0.786. The number of phenols is 1. The van der Waals surface area contributed by atoms with Gasteiger partial charge in [0.15, 0.2) is 0 Å². The second-order valence-electron chi connectivity index (χ2n) is 3.32. The van der Waals surface area contributed by atoms with Crippen molar-refractivity contribution in [1.29, 1.82) is 0 Å². The molecule has 3 N–H and O–H groups in total. The topological polar surface area (TPSA) is 72.3 Å². The Morgan fingerprint density at radius 3 is 2.80 bits per heavy atom. The lowest BCUT2D eigenvalue weighted by molar-refractivity contribution is 0.437. The predicted octanol–water partition coefficient (Wildman–Crippen LogP) is 2.19. The van der Waals surface area contributed by atoms with Crippen LogP contribution in [-0.2, 0) is 6.42 Å². The summed E-state index contributed by atoms with van der Waals surface area (Å²) < 4.78 is 4.76. The van der Waals surface area contributed by atoms with Gasteiger partial charge in [-0.1, -0.05) is 18.1 Å². The molecule has 0 saturated carbocycles. The SMILES string of the molecule is CCc1ccc(O)c(-c2cc(N)on2)c1. The van der Waals surface area contributed by atoms with Crippen molar-refractivity contribution in [3.63, 3.8) is 0 Å². The van der Waals surface area contributed by atoms with Crippen molar-refractivity contribution in [2.75, 3.05) is 5.73 Å². The van der Waals surface area contributed by atoms with Crippen molar-refractivity contribution in [1.82, 2.24) is 5.16 Å². The maximum absolute atomic E-state index is 9.67. The number of benzene rings is 1. The summed E-state index contributed by atoms with van der Waals surface area (Å²) in [6.07, 6.45) is 0.903. The Kier molecular flexibility index (Phi) is 2.33. The molecule has 1 aromatic heterocycles. The van der Waals surface area contributed by atoms with Crippen LogP contribution >= 0.6 is 0 Å². The lowest BCUT2D eigenvalue weighted by Gasteiger charge is -2.02. The summed E-state index contributed by atoms with van der Waals surface area (Å²) in [5.74, 6) is 0.423. The third kappa shape index (κ3) is 1.79. The molecule has 0 aliphatic rings. The zero-order chi connectivity index (χ0) is 10.8. The van der Waals surface area contributed by atoms with E-state index in [0.29, 0.717) is 11.3 Å². The van der Waals surface area contributed by atoms with Gasteiger partial charge in [0.05, 0.1) is 0 Å². The molecule has 0 bridgehead atoms. The zero-order valence-corrected chi connectivity index (χ0v) is 8.40. The standard InChI is InChI=1S/C11H12N2O2/c1-2-7-3-4-10(14)8(5-7)9-6-11(12)15-13-9/h3-6,14H,2,12H2,1H3. The van der Waals surface area contributed by atoms with Crippen LogP contribution in [0.2, 0.25) is 0 Å². The van der Waals surface area contributed by atoms with E-state index in [1.165, 1.54) is 0 Å².